The van der Waals surface area contributed by atoms with Gasteiger partial charge in [-0.2, -0.15) is 10.2 Å². The van der Waals surface area contributed by atoms with Gasteiger partial charge in [-0.15, -0.1) is 0 Å². The first kappa shape index (κ1) is 16.7. The van der Waals surface area contributed by atoms with Gasteiger partial charge >= 0.3 is 0 Å². The van der Waals surface area contributed by atoms with Crippen molar-refractivity contribution in [3.63, 3.8) is 0 Å². The van der Waals surface area contributed by atoms with Crippen LogP contribution in [0.4, 0.5) is 4.39 Å². The zero-order valence-corrected chi connectivity index (χ0v) is 15.1. The molecule has 5 nitrogen and oxygen atoms in total. The fraction of sp³-hybridized carbons (Fsp3) is 0.333. The second kappa shape index (κ2) is 6.64. The molecule has 0 amide bonds. The van der Waals surface area contributed by atoms with E-state index < -0.39 is 0 Å². The minimum absolute atomic E-state index is 0.0668. The summed E-state index contributed by atoms with van der Waals surface area (Å²) in [5, 5.41) is 8.96. The third kappa shape index (κ3) is 3.10. The highest BCUT2D eigenvalue weighted by molar-refractivity contribution is 6.05. The highest BCUT2D eigenvalue weighted by Gasteiger charge is 2.51. The topological polar surface area (TPSA) is 34.4 Å². The normalized spacial score (nSPS) is 32.3. The van der Waals surface area contributed by atoms with Crippen molar-refractivity contribution in [2.75, 3.05) is 39.6 Å². The van der Waals surface area contributed by atoms with Gasteiger partial charge in [0.15, 0.2) is 0 Å². The number of nitrogens with zero attached hydrogens (tertiary/aromatic N) is 5. The second-order valence-electron chi connectivity index (χ2n) is 7.77. The molecule has 138 valence electrons. The molecule has 4 aliphatic rings. The Morgan fingerprint density at radius 1 is 0.852 bits per heavy atom. The Balaban J connectivity index is 1.53. The maximum Gasteiger partial charge on any atom is 0.132 e. The summed E-state index contributed by atoms with van der Waals surface area (Å²) in [6, 6.07) is 16.9. The molecule has 4 heterocycles. The largest absolute Gasteiger partial charge is 0.276 e. The highest BCUT2D eigenvalue weighted by atomic mass is 19.1. The number of hydrogen-bond acceptors (Lipinski definition) is 5. The maximum absolute atomic E-state index is 13.9. The van der Waals surface area contributed by atoms with Gasteiger partial charge in [-0.05, 0) is 11.6 Å². The smallest absolute Gasteiger partial charge is 0.132 e. The summed E-state index contributed by atoms with van der Waals surface area (Å²) in [5.74, 6) is -0.282. The van der Waals surface area contributed by atoms with Gasteiger partial charge in [0.05, 0.1) is 37.3 Å². The fourth-order valence-corrected chi connectivity index (χ4v) is 4.74. The van der Waals surface area contributed by atoms with Gasteiger partial charge in [0.1, 0.15) is 5.82 Å². The molecule has 4 fully saturated rings. The van der Waals surface area contributed by atoms with Gasteiger partial charge in [-0.3, -0.25) is 14.7 Å². The molecule has 2 aromatic carbocycles. The van der Waals surface area contributed by atoms with Crippen LogP contribution in [0.1, 0.15) is 11.1 Å². The highest BCUT2D eigenvalue weighted by Crippen LogP contribution is 2.38. The van der Waals surface area contributed by atoms with Crippen molar-refractivity contribution in [2.45, 2.75) is 0 Å². The van der Waals surface area contributed by atoms with E-state index in [2.05, 4.69) is 37.0 Å². The zero-order chi connectivity index (χ0) is 18.3. The van der Waals surface area contributed by atoms with E-state index in [1.807, 2.05) is 18.2 Å². The molecule has 0 aromatic heterocycles. The molecular weight excluding hydrogens is 341 g/mol. The Labute approximate surface area is 158 Å². The van der Waals surface area contributed by atoms with Gasteiger partial charge < -0.3 is 0 Å². The lowest BCUT2D eigenvalue weighted by Gasteiger charge is -2.60. The monoisotopic (exact) mass is 363 g/mol. The maximum atomic E-state index is 13.9. The molecule has 0 aliphatic carbocycles. The number of benzene rings is 2. The Morgan fingerprint density at radius 2 is 1.44 bits per heavy atom. The summed E-state index contributed by atoms with van der Waals surface area (Å²) in [6.45, 7) is 6.05. The van der Waals surface area contributed by atoms with E-state index in [0.29, 0.717) is 5.56 Å². The van der Waals surface area contributed by atoms with Crippen LogP contribution in [0.25, 0.3) is 0 Å². The van der Waals surface area contributed by atoms with E-state index in [1.165, 1.54) is 12.3 Å². The summed E-state index contributed by atoms with van der Waals surface area (Å²) in [6.07, 6.45) is 1.51. The molecule has 4 bridgehead atoms. The van der Waals surface area contributed by atoms with E-state index in [0.717, 1.165) is 50.9 Å². The lowest BCUT2D eigenvalue weighted by Crippen LogP contribution is -2.74. The average molecular weight is 363 g/mol. The number of rotatable bonds is 4. The molecule has 6 heteroatoms. The van der Waals surface area contributed by atoms with Crippen LogP contribution in [0, 0.1) is 11.2 Å². The van der Waals surface area contributed by atoms with Gasteiger partial charge in [-0.1, -0.05) is 48.5 Å². The van der Waals surface area contributed by atoms with Crippen LogP contribution >= 0.6 is 0 Å². The second-order valence-corrected chi connectivity index (χ2v) is 7.77. The molecule has 2 aromatic rings. The van der Waals surface area contributed by atoms with E-state index in [9.17, 15) is 4.39 Å². The van der Waals surface area contributed by atoms with Gasteiger partial charge in [0.25, 0.3) is 0 Å². The molecule has 6 rings (SSSR count). The summed E-state index contributed by atoms with van der Waals surface area (Å²) in [7, 11) is 0. The van der Waals surface area contributed by atoms with Crippen LogP contribution in [0.5, 0.6) is 0 Å². The molecule has 27 heavy (non-hydrogen) atoms. The average Bonchev–Trinajstić information content (AvgIpc) is 2.66. The first-order valence-electron chi connectivity index (χ1n) is 9.30. The predicted octanol–water partition coefficient (Wildman–Crippen LogP) is 2.45. The van der Waals surface area contributed by atoms with Crippen molar-refractivity contribution in [3.8, 4) is 0 Å². The molecule has 4 saturated heterocycles. The number of halogens is 1. The van der Waals surface area contributed by atoms with Crippen molar-refractivity contribution in [1.29, 1.82) is 0 Å². The third-order valence-electron chi connectivity index (χ3n) is 5.59. The van der Waals surface area contributed by atoms with Crippen molar-refractivity contribution in [1.82, 2.24) is 14.7 Å². The van der Waals surface area contributed by atoms with Crippen molar-refractivity contribution < 1.29 is 4.39 Å². The van der Waals surface area contributed by atoms with E-state index in [4.69, 9.17) is 0 Å². The summed E-state index contributed by atoms with van der Waals surface area (Å²) in [4.78, 5) is 7.40. The molecule has 0 radical (unpaired) electrons. The van der Waals surface area contributed by atoms with Crippen molar-refractivity contribution in [3.05, 3.63) is 71.5 Å². The predicted molar refractivity (Wildman–Crippen MR) is 104 cm³/mol. The van der Waals surface area contributed by atoms with Gasteiger partial charge in [-0.25, -0.2) is 4.39 Å². The Kier molecular flexibility index (Phi) is 4.11. The lowest BCUT2D eigenvalue weighted by atomic mass is 9.74. The SMILES string of the molecule is Fc1ccccc1/C=N/N=C(\c1ccccc1)C12CN3CN(CN(C3)C1)C2. The molecule has 4 aliphatic heterocycles. The van der Waals surface area contributed by atoms with Crippen molar-refractivity contribution >= 4 is 11.9 Å². The first-order chi connectivity index (χ1) is 13.2. The fourth-order valence-electron chi connectivity index (χ4n) is 4.74. The Morgan fingerprint density at radius 3 is 2.07 bits per heavy atom. The van der Waals surface area contributed by atoms with Crippen LogP contribution in [-0.4, -0.2) is 66.3 Å². The van der Waals surface area contributed by atoms with E-state index >= 15 is 0 Å². The molecule has 0 N–H and O–H groups in total. The summed E-state index contributed by atoms with van der Waals surface area (Å²) >= 11 is 0. The van der Waals surface area contributed by atoms with Gasteiger partial charge in [0, 0.05) is 25.2 Å². The minimum atomic E-state index is -0.282. The quantitative estimate of drug-likeness (QED) is 0.618. The zero-order valence-electron chi connectivity index (χ0n) is 15.1. The lowest BCUT2D eigenvalue weighted by molar-refractivity contribution is -0.149. The number of hydrogen-bond donors (Lipinski definition) is 0. The van der Waals surface area contributed by atoms with Crippen LogP contribution in [-0.2, 0) is 0 Å². The molecule has 0 spiro atoms. The molecular formula is C21H22FN5. The Hall–Kier alpha value is -2.41. The summed E-state index contributed by atoms with van der Waals surface area (Å²) in [5.41, 5.74) is 2.47. The van der Waals surface area contributed by atoms with Crippen molar-refractivity contribution in [2.24, 2.45) is 15.6 Å². The first-order valence-corrected chi connectivity index (χ1v) is 9.30. The van der Waals surface area contributed by atoms with Crippen LogP contribution in [0.2, 0.25) is 0 Å². The minimum Gasteiger partial charge on any atom is -0.276 e. The molecule has 0 atom stereocenters. The molecule has 0 unspecified atom stereocenters. The third-order valence-corrected chi connectivity index (χ3v) is 5.59. The van der Waals surface area contributed by atoms with Crippen LogP contribution < -0.4 is 0 Å². The summed E-state index contributed by atoms with van der Waals surface area (Å²) < 4.78 is 13.9. The Bertz CT molecular complexity index is 857. The van der Waals surface area contributed by atoms with Crippen LogP contribution in [0.3, 0.4) is 0 Å². The van der Waals surface area contributed by atoms with E-state index in [-0.39, 0.29) is 11.2 Å². The van der Waals surface area contributed by atoms with E-state index in [1.54, 1.807) is 18.2 Å². The van der Waals surface area contributed by atoms with Crippen LogP contribution in [0.15, 0.2) is 64.8 Å². The van der Waals surface area contributed by atoms with Gasteiger partial charge in [0.2, 0.25) is 0 Å². The molecule has 0 saturated carbocycles. The standard InChI is InChI=1S/C21H22FN5/c22-19-9-5-4-8-18(19)10-23-24-20(17-6-2-1-3-7-17)21-11-25-14-26(12-21)16-27(13-21)15-25/h1-10H,11-16H2/b23-10+,24-20+.